The summed E-state index contributed by atoms with van der Waals surface area (Å²) in [6, 6.07) is 0. The van der Waals surface area contributed by atoms with Crippen LogP contribution in [0, 0.1) is 41.4 Å². The molecule has 24 heavy (non-hydrogen) atoms. The molecular weight excluding hydrogens is 300 g/mol. The molecule has 1 heterocycles. The van der Waals surface area contributed by atoms with Crippen molar-refractivity contribution in [3.8, 4) is 35.5 Å². The molecule has 0 aromatic carbocycles. The predicted molar refractivity (Wildman–Crippen MR) is 95.5 cm³/mol. The first-order chi connectivity index (χ1) is 11.8. The largest absolute Gasteiger partial charge is 0.460 e. The molecular formula is C21H26O3. The van der Waals surface area contributed by atoms with Gasteiger partial charge < -0.3 is 9.84 Å². The summed E-state index contributed by atoms with van der Waals surface area (Å²) < 4.78 is 5.06. The van der Waals surface area contributed by atoms with Crippen LogP contribution in [-0.2, 0) is 9.53 Å². The first kappa shape index (κ1) is 19.9. The van der Waals surface area contributed by atoms with Crippen LogP contribution in [0.2, 0.25) is 0 Å². The van der Waals surface area contributed by atoms with Crippen molar-refractivity contribution in [2.75, 3.05) is 6.61 Å². The first-order valence-electron chi connectivity index (χ1n) is 8.66. The van der Waals surface area contributed by atoms with Gasteiger partial charge in [0.1, 0.15) is 6.10 Å². The lowest BCUT2D eigenvalue weighted by atomic mass is 9.97. The Bertz CT molecular complexity index is 571. The number of esters is 1. The Labute approximate surface area is 145 Å². The second kappa shape index (κ2) is 13.3. The zero-order valence-electron chi connectivity index (χ0n) is 14.3. The van der Waals surface area contributed by atoms with E-state index in [9.17, 15) is 4.79 Å². The summed E-state index contributed by atoms with van der Waals surface area (Å²) >= 11 is 0. The molecule has 1 saturated heterocycles. The molecule has 1 aliphatic rings. The number of ether oxygens (including phenoxy) is 1. The molecule has 2 unspecified atom stereocenters. The number of unbranched alkanes of at least 4 members (excludes halogenated alkanes) is 5. The van der Waals surface area contributed by atoms with Crippen LogP contribution < -0.4 is 0 Å². The zero-order valence-corrected chi connectivity index (χ0v) is 14.3. The minimum absolute atomic E-state index is 0.0233. The van der Waals surface area contributed by atoms with Crippen LogP contribution >= 0.6 is 0 Å². The molecule has 3 nitrogen and oxygen atoms in total. The van der Waals surface area contributed by atoms with Crippen molar-refractivity contribution in [3.05, 3.63) is 12.7 Å². The lowest BCUT2D eigenvalue weighted by molar-refractivity contribution is -0.145. The highest BCUT2D eigenvalue weighted by Gasteiger charge is 2.33. The van der Waals surface area contributed by atoms with Gasteiger partial charge in [-0.15, -0.1) is 6.58 Å². The summed E-state index contributed by atoms with van der Waals surface area (Å²) in [4.78, 5) is 11.5. The van der Waals surface area contributed by atoms with E-state index in [0.717, 1.165) is 51.4 Å². The number of hydrogen-bond donors (Lipinski definition) is 1. The van der Waals surface area contributed by atoms with Crippen molar-refractivity contribution in [1.82, 2.24) is 0 Å². The number of rotatable bonds is 9. The van der Waals surface area contributed by atoms with Crippen LogP contribution in [-0.4, -0.2) is 23.8 Å². The van der Waals surface area contributed by atoms with Gasteiger partial charge in [-0.25, -0.2) is 0 Å². The predicted octanol–water partition coefficient (Wildman–Crippen LogP) is 3.23. The quantitative estimate of drug-likeness (QED) is 0.306. The van der Waals surface area contributed by atoms with Crippen molar-refractivity contribution in [1.29, 1.82) is 0 Å². The van der Waals surface area contributed by atoms with Crippen LogP contribution in [0.25, 0.3) is 0 Å². The number of aliphatic hydroxyl groups is 1. The van der Waals surface area contributed by atoms with Gasteiger partial charge in [0.2, 0.25) is 0 Å². The van der Waals surface area contributed by atoms with Crippen molar-refractivity contribution in [2.45, 2.75) is 63.9 Å². The maximum atomic E-state index is 11.5. The molecule has 0 amide bonds. The smallest absolute Gasteiger partial charge is 0.309 e. The third kappa shape index (κ3) is 9.09. The summed E-state index contributed by atoms with van der Waals surface area (Å²) in [7, 11) is 0. The summed E-state index contributed by atoms with van der Waals surface area (Å²) in [5.41, 5.74) is 0. The van der Waals surface area contributed by atoms with Crippen LogP contribution in [0.15, 0.2) is 12.7 Å². The third-order valence-electron chi connectivity index (χ3n) is 3.81. The number of aliphatic hydroxyl groups excluding tert-OH is 1. The van der Waals surface area contributed by atoms with Gasteiger partial charge >= 0.3 is 5.97 Å². The average Bonchev–Trinajstić information content (AvgIpc) is 2.95. The maximum Gasteiger partial charge on any atom is 0.309 e. The summed E-state index contributed by atoms with van der Waals surface area (Å²) in [5.74, 6) is 16.8. The number of carbonyl (C=O) groups is 1. The highest BCUT2D eigenvalue weighted by molar-refractivity contribution is 5.74. The fraction of sp³-hybridized carbons (Fsp3) is 0.571. The van der Waals surface area contributed by atoms with E-state index in [1.807, 2.05) is 6.08 Å². The van der Waals surface area contributed by atoms with Crippen molar-refractivity contribution >= 4 is 5.97 Å². The van der Waals surface area contributed by atoms with E-state index < -0.39 is 0 Å². The van der Waals surface area contributed by atoms with Gasteiger partial charge in [-0.3, -0.25) is 4.79 Å². The standard InChI is InChI=1S/C21H26O3/c1-2-3-4-5-6-7-8-9-10-11-12-13-14-15-16-19-17-20(18-22)24-21(19)23/h2,19-20,22H,1,3-4,11-18H2. The summed E-state index contributed by atoms with van der Waals surface area (Å²) in [5, 5.41) is 8.99. The second-order valence-electron chi connectivity index (χ2n) is 5.81. The molecule has 0 radical (unpaired) electrons. The van der Waals surface area contributed by atoms with Crippen LogP contribution in [0.3, 0.4) is 0 Å². The van der Waals surface area contributed by atoms with Gasteiger partial charge in [0.05, 0.1) is 12.5 Å². The molecule has 1 rings (SSSR count). The topological polar surface area (TPSA) is 46.5 Å². The fourth-order valence-electron chi connectivity index (χ4n) is 2.48. The number of allylic oxidation sites excluding steroid dienone is 1. The van der Waals surface area contributed by atoms with Gasteiger partial charge in [0, 0.05) is 12.8 Å². The molecule has 3 heteroatoms. The molecule has 1 fully saturated rings. The third-order valence-corrected chi connectivity index (χ3v) is 3.81. The first-order valence-corrected chi connectivity index (χ1v) is 8.66. The van der Waals surface area contributed by atoms with Gasteiger partial charge in [-0.05, 0) is 49.4 Å². The summed E-state index contributed by atoms with van der Waals surface area (Å²) in [6.07, 6.45) is 9.88. The molecule has 0 bridgehead atoms. The van der Waals surface area contributed by atoms with Gasteiger partial charge in [0.15, 0.2) is 0 Å². The number of carbonyl (C=O) groups excluding carboxylic acids is 1. The Morgan fingerprint density at radius 1 is 1.08 bits per heavy atom. The second-order valence-corrected chi connectivity index (χ2v) is 5.81. The highest BCUT2D eigenvalue weighted by Crippen LogP contribution is 2.25. The van der Waals surface area contributed by atoms with Crippen molar-refractivity contribution < 1.29 is 14.6 Å². The number of cyclic esters (lactones) is 1. The van der Waals surface area contributed by atoms with E-state index in [0.29, 0.717) is 6.42 Å². The SMILES string of the molecule is C=CCCC#CC#CC#CCCCCCCC1CC(CO)OC1=O. The van der Waals surface area contributed by atoms with E-state index in [1.54, 1.807) is 0 Å². The van der Waals surface area contributed by atoms with E-state index in [1.165, 1.54) is 0 Å². The Kier molecular flexibility index (Phi) is 11.0. The average molecular weight is 326 g/mol. The normalized spacial score (nSPS) is 18.3. The Balaban J connectivity index is 2.00. The molecule has 2 atom stereocenters. The van der Waals surface area contributed by atoms with Gasteiger partial charge in [-0.1, -0.05) is 37.2 Å². The fourth-order valence-corrected chi connectivity index (χ4v) is 2.48. The summed E-state index contributed by atoms with van der Waals surface area (Å²) in [6.45, 7) is 3.56. The highest BCUT2D eigenvalue weighted by atomic mass is 16.6. The van der Waals surface area contributed by atoms with E-state index in [4.69, 9.17) is 9.84 Å². The maximum absolute atomic E-state index is 11.5. The van der Waals surface area contributed by atoms with Crippen LogP contribution in [0.4, 0.5) is 0 Å². The molecule has 0 aliphatic carbocycles. The Morgan fingerprint density at radius 3 is 2.46 bits per heavy atom. The van der Waals surface area contributed by atoms with Crippen molar-refractivity contribution in [2.24, 2.45) is 5.92 Å². The van der Waals surface area contributed by atoms with Gasteiger partial charge in [0.25, 0.3) is 0 Å². The molecule has 0 saturated carbocycles. The molecule has 0 aromatic rings. The Morgan fingerprint density at radius 2 is 1.79 bits per heavy atom. The molecule has 1 N–H and O–H groups in total. The van der Waals surface area contributed by atoms with E-state index >= 15 is 0 Å². The minimum Gasteiger partial charge on any atom is -0.460 e. The van der Waals surface area contributed by atoms with Gasteiger partial charge in [-0.2, -0.15) is 0 Å². The lowest BCUT2D eigenvalue weighted by Gasteiger charge is -2.04. The molecule has 1 aliphatic heterocycles. The van der Waals surface area contributed by atoms with E-state index in [-0.39, 0.29) is 24.6 Å². The zero-order chi connectivity index (χ0) is 17.5. The number of hydrogen-bond acceptors (Lipinski definition) is 3. The molecule has 0 spiro atoms. The van der Waals surface area contributed by atoms with Crippen LogP contribution in [0.1, 0.15) is 57.8 Å². The molecule has 0 aromatic heterocycles. The van der Waals surface area contributed by atoms with E-state index in [2.05, 4.69) is 42.1 Å². The lowest BCUT2D eigenvalue weighted by Crippen LogP contribution is -2.10. The van der Waals surface area contributed by atoms with Crippen LogP contribution in [0.5, 0.6) is 0 Å². The van der Waals surface area contributed by atoms with Crippen molar-refractivity contribution in [3.63, 3.8) is 0 Å². The molecule has 128 valence electrons. The minimum atomic E-state index is -0.287. The monoisotopic (exact) mass is 326 g/mol. The Hall–Kier alpha value is -2.15.